The van der Waals surface area contributed by atoms with Crippen molar-refractivity contribution in [2.45, 2.75) is 253 Å². The Kier molecular flexibility index (Phi) is 37.5. The number of carbonyl (C=O) groups is 2. The van der Waals surface area contributed by atoms with Gasteiger partial charge < -0.3 is 24.0 Å². The fraction of sp³-hybridized carbons (Fsp3) is 0.902. The van der Waals surface area contributed by atoms with E-state index in [1.54, 1.807) is 0 Å². The molecule has 0 bridgehead atoms. The minimum Gasteiger partial charge on any atom is -0.465 e. The molecule has 1 heterocycles. The van der Waals surface area contributed by atoms with E-state index < -0.39 is 6.10 Å². The molecular weight excluding hydrogens is 735 g/mol. The van der Waals surface area contributed by atoms with Crippen molar-refractivity contribution in [1.29, 1.82) is 0 Å². The molecule has 0 spiro atoms. The van der Waals surface area contributed by atoms with Crippen molar-refractivity contribution in [3.63, 3.8) is 0 Å². The zero-order valence-electron chi connectivity index (χ0n) is 39.7. The van der Waals surface area contributed by atoms with E-state index in [1.807, 2.05) is 12.5 Å². The standard InChI is InChI=1S/C51H97N3O5/c1-6-10-14-18-20-26-35-47(33-24-16-12-8-3)50(56)58-41-30-23-22-29-38-53(39-32-40-54-45-52-43-46(54)5)44-49(55)37-28-31-42-59-51(57)48(34-25-17-13-9-4)36-27-21-19-15-11-7-2/h43,45,47-49,55H,6-42,44H2,1-5H3. The number of aliphatic hydroxyl groups is 1. The molecular formula is C51H97N3O5. The summed E-state index contributed by atoms with van der Waals surface area (Å²) in [7, 11) is 0. The molecule has 1 rings (SSSR count). The van der Waals surface area contributed by atoms with E-state index in [4.69, 9.17) is 9.47 Å². The van der Waals surface area contributed by atoms with E-state index in [9.17, 15) is 14.7 Å². The summed E-state index contributed by atoms with van der Waals surface area (Å²) in [6.45, 7) is 15.5. The lowest BCUT2D eigenvalue weighted by Crippen LogP contribution is -2.34. The van der Waals surface area contributed by atoms with Crippen molar-refractivity contribution in [3.05, 3.63) is 18.2 Å². The highest BCUT2D eigenvalue weighted by atomic mass is 16.5. The highest BCUT2D eigenvalue weighted by molar-refractivity contribution is 5.72. The Morgan fingerprint density at radius 2 is 0.949 bits per heavy atom. The van der Waals surface area contributed by atoms with Gasteiger partial charge in [-0.1, -0.05) is 169 Å². The van der Waals surface area contributed by atoms with E-state index in [2.05, 4.69) is 49.1 Å². The summed E-state index contributed by atoms with van der Waals surface area (Å²) in [5, 5.41) is 11.1. The predicted molar refractivity (Wildman–Crippen MR) is 249 cm³/mol. The number of unbranched alkanes of at least 4 members (excludes halogenated alkanes) is 20. The normalized spacial score (nSPS) is 13.2. The van der Waals surface area contributed by atoms with Crippen molar-refractivity contribution in [3.8, 4) is 0 Å². The van der Waals surface area contributed by atoms with E-state index in [0.717, 1.165) is 122 Å². The lowest BCUT2D eigenvalue weighted by Gasteiger charge is -2.25. The Morgan fingerprint density at radius 1 is 0.559 bits per heavy atom. The Balaban J connectivity index is 2.48. The molecule has 0 amide bonds. The van der Waals surface area contributed by atoms with Crippen molar-refractivity contribution < 1.29 is 24.2 Å². The summed E-state index contributed by atoms with van der Waals surface area (Å²) < 4.78 is 13.9. The van der Waals surface area contributed by atoms with Crippen molar-refractivity contribution in [1.82, 2.24) is 14.5 Å². The van der Waals surface area contributed by atoms with Gasteiger partial charge in [0, 0.05) is 25.0 Å². The maximum absolute atomic E-state index is 13.1. The number of esters is 2. The van der Waals surface area contributed by atoms with Crippen LogP contribution in [-0.2, 0) is 25.6 Å². The Bertz CT molecular complexity index is 1080. The van der Waals surface area contributed by atoms with E-state index in [1.165, 1.54) is 108 Å². The van der Waals surface area contributed by atoms with Gasteiger partial charge in [-0.15, -0.1) is 0 Å². The van der Waals surface area contributed by atoms with Gasteiger partial charge in [0.25, 0.3) is 0 Å². The van der Waals surface area contributed by atoms with Gasteiger partial charge in [0.1, 0.15) is 0 Å². The van der Waals surface area contributed by atoms with Crippen LogP contribution < -0.4 is 0 Å². The molecule has 1 aromatic heterocycles. The quantitative estimate of drug-likeness (QED) is 0.0517. The number of hydrogen-bond donors (Lipinski definition) is 1. The van der Waals surface area contributed by atoms with E-state index in [-0.39, 0.29) is 23.8 Å². The second-order valence-electron chi connectivity index (χ2n) is 18.0. The molecule has 3 unspecified atom stereocenters. The second-order valence-corrected chi connectivity index (χ2v) is 18.0. The number of hydrogen-bond acceptors (Lipinski definition) is 7. The Morgan fingerprint density at radius 3 is 1.42 bits per heavy atom. The van der Waals surface area contributed by atoms with Crippen molar-refractivity contribution in [2.75, 3.05) is 32.8 Å². The van der Waals surface area contributed by atoms with Gasteiger partial charge in [-0.05, 0) is 84.2 Å². The molecule has 0 saturated heterocycles. The predicted octanol–water partition coefficient (Wildman–Crippen LogP) is 13.7. The third-order valence-electron chi connectivity index (χ3n) is 12.3. The first-order valence-corrected chi connectivity index (χ1v) is 25.6. The van der Waals surface area contributed by atoms with Crippen LogP contribution in [0.5, 0.6) is 0 Å². The molecule has 0 aromatic carbocycles. The topological polar surface area (TPSA) is 93.9 Å². The molecule has 0 aliphatic rings. The first-order chi connectivity index (χ1) is 28.9. The smallest absolute Gasteiger partial charge is 0.308 e. The third-order valence-corrected chi connectivity index (χ3v) is 12.3. The number of aliphatic hydroxyl groups excluding tert-OH is 1. The van der Waals surface area contributed by atoms with Gasteiger partial charge >= 0.3 is 11.9 Å². The van der Waals surface area contributed by atoms with Gasteiger partial charge in [-0.3, -0.25) is 9.59 Å². The number of aryl methyl sites for hydroxylation is 2. The van der Waals surface area contributed by atoms with Crippen LogP contribution >= 0.6 is 0 Å². The number of nitrogens with zero attached hydrogens (tertiary/aromatic N) is 3. The van der Waals surface area contributed by atoms with Crippen molar-refractivity contribution >= 4 is 11.9 Å². The van der Waals surface area contributed by atoms with Gasteiger partial charge in [-0.25, -0.2) is 4.98 Å². The molecule has 0 aliphatic carbocycles. The number of ether oxygens (including phenoxy) is 2. The van der Waals surface area contributed by atoms with Crippen LogP contribution in [0.15, 0.2) is 12.5 Å². The second kappa shape index (κ2) is 40.2. The van der Waals surface area contributed by atoms with Gasteiger partial charge in [0.2, 0.25) is 0 Å². The molecule has 8 nitrogen and oxygen atoms in total. The summed E-state index contributed by atoms with van der Waals surface area (Å²) in [5.41, 5.74) is 1.17. The lowest BCUT2D eigenvalue weighted by molar-refractivity contribution is -0.150. The molecule has 0 saturated carbocycles. The van der Waals surface area contributed by atoms with Crippen LogP contribution in [0.25, 0.3) is 0 Å². The summed E-state index contributed by atoms with van der Waals surface area (Å²) in [6.07, 6.45) is 39.4. The SMILES string of the molecule is CCCCCCCCC(CCCCCC)C(=O)OCCCCCCN(CCCn1cncc1C)CC(O)CCCCOC(=O)C(CCCCCC)CCCCCCCC. The van der Waals surface area contributed by atoms with Gasteiger partial charge in [0.15, 0.2) is 0 Å². The molecule has 0 aliphatic heterocycles. The average molecular weight is 832 g/mol. The molecule has 8 heteroatoms. The van der Waals surface area contributed by atoms with Crippen LogP contribution in [0, 0.1) is 18.8 Å². The number of aromatic nitrogens is 2. The van der Waals surface area contributed by atoms with E-state index >= 15 is 0 Å². The molecule has 0 radical (unpaired) electrons. The van der Waals surface area contributed by atoms with Crippen LogP contribution in [-0.4, -0.2) is 70.4 Å². The minimum absolute atomic E-state index is 0.00133. The number of carbonyl (C=O) groups excluding carboxylic acids is 2. The molecule has 3 atom stereocenters. The first kappa shape index (κ1) is 55.1. The molecule has 346 valence electrons. The molecule has 0 fully saturated rings. The molecule has 1 aromatic rings. The van der Waals surface area contributed by atoms with Crippen molar-refractivity contribution in [2.24, 2.45) is 11.8 Å². The Labute approximate surface area is 365 Å². The Hall–Kier alpha value is -1.93. The molecule has 1 N–H and O–H groups in total. The lowest BCUT2D eigenvalue weighted by atomic mass is 9.94. The van der Waals surface area contributed by atoms with Crippen LogP contribution in [0.1, 0.15) is 239 Å². The number of imidazole rings is 1. The van der Waals surface area contributed by atoms with Crippen LogP contribution in [0.3, 0.4) is 0 Å². The highest BCUT2D eigenvalue weighted by Crippen LogP contribution is 2.22. The maximum Gasteiger partial charge on any atom is 0.308 e. The number of rotatable bonds is 44. The van der Waals surface area contributed by atoms with Gasteiger partial charge in [0.05, 0.1) is 37.5 Å². The van der Waals surface area contributed by atoms with Crippen LogP contribution in [0.2, 0.25) is 0 Å². The summed E-state index contributed by atoms with van der Waals surface area (Å²) in [6, 6.07) is 0. The fourth-order valence-electron chi connectivity index (χ4n) is 8.36. The highest BCUT2D eigenvalue weighted by Gasteiger charge is 2.21. The first-order valence-electron chi connectivity index (χ1n) is 25.6. The third kappa shape index (κ3) is 31.6. The fourth-order valence-corrected chi connectivity index (χ4v) is 8.36. The summed E-state index contributed by atoms with van der Waals surface area (Å²) in [4.78, 5) is 32.9. The monoisotopic (exact) mass is 832 g/mol. The summed E-state index contributed by atoms with van der Waals surface area (Å²) >= 11 is 0. The summed E-state index contributed by atoms with van der Waals surface area (Å²) in [5.74, 6) is 0.136. The zero-order chi connectivity index (χ0) is 43.0. The van der Waals surface area contributed by atoms with Gasteiger partial charge in [-0.2, -0.15) is 0 Å². The minimum atomic E-state index is -0.398. The zero-order valence-corrected chi connectivity index (χ0v) is 39.7. The van der Waals surface area contributed by atoms with E-state index in [0.29, 0.717) is 19.8 Å². The average Bonchev–Trinajstić information content (AvgIpc) is 3.64. The molecule has 59 heavy (non-hydrogen) atoms. The largest absolute Gasteiger partial charge is 0.465 e. The maximum atomic E-state index is 13.1. The van der Waals surface area contributed by atoms with Crippen LogP contribution in [0.4, 0.5) is 0 Å².